The van der Waals surface area contributed by atoms with Crippen molar-refractivity contribution in [3.05, 3.63) is 65.9 Å². The van der Waals surface area contributed by atoms with Gasteiger partial charge in [-0.05, 0) is 42.3 Å². The quantitative estimate of drug-likeness (QED) is 0.471. The number of carbonyl (C=O) groups excluding carboxylic acids is 1. The minimum atomic E-state index is -1.09. The first-order chi connectivity index (χ1) is 14.5. The van der Waals surface area contributed by atoms with E-state index < -0.39 is 17.9 Å². The number of rotatable bonds is 9. The first kappa shape index (κ1) is 21.0. The van der Waals surface area contributed by atoms with Crippen molar-refractivity contribution in [3.63, 3.8) is 0 Å². The number of carbonyl (C=O) groups is 2. The Kier molecular flexibility index (Phi) is 6.75. The van der Waals surface area contributed by atoms with Gasteiger partial charge in [-0.25, -0.2) is 4.79 Å². The van der Waals surface area contributed by atoms with Gasteiger partial charge in [-0.2, -0.15) is 0 Å². The molecule has 0 bridgehead atoms. The molecule has 1 unspecified atom stereocenters. The Morgan fingerprint density at radius 2 is 2.00 bits per heavy atom. The minimum absolute atomic E-state index is 0.176. The molecule has 1 aromatic heterocycles. The number of amides is 1. The highest BCUT2D eigenvalue weighted by atomic mass is 16.5. The number of aliphatic carboxylic acids is 1. The van der Waals surface area contributed by atoms with Crippen LogP contribution in [-0.2, 0) is 16.0 Å². The predicted molar refractivity (Wildman–Crippen MR) is 115 cm³/mol. The van der Waals surface area contributed by atoms with Crippen LogP contribution in [0.1, 0.15) is 18.1 Å². The minimum Gasteiger partial charge on any atom is -0.493 e. The molecule has 3 rings (SSSR count). The van der Waals surface area contributed by atoms with Gasteiger partial charge in [-0.3, -0.25) is 4.79 Å². The second-order valence-corrected chi connectivity index (χ2v) is 6.64. The molecule has 0 fully saturated rings. The third kappa shape index (κ3) is 5.00. The number of carboxylic acids is 1. The van der Waals surface area contributed by atoms with Crippen molar-refractivity contribution in [3.8, 4) is 11.5 Å². The van der Waals surface area contributed by atoms with Gasteiger partial charge in [0.05, 0.1) is 13.7 Å². The number of hydrogen-bond acceptors (Lipinski definition) is 4. The van der Waals surface area contributed by atoms with E-state index in [1.54, 1.807) is 37.6 Å². The van der Waals surface area contributed by atoms with Crippen molar-refractivity contribution in [2.24, 2.45) is 0 Å². The number of aromatic amines is 1. The van der Waals surface area contributed by atoms with E-state index in [1.807, 2.05) is 31.2 Å². The van der Waals surface area contributed by atoms with E-state index in [4.69, 9.17) is 9.47 Å². The van der Waals surface area contributed by atoms with Crippen LogP contribution in [0.25, 0.3) is 17.0 Å². The van der Waals surface area contributed by atoms with E-state index in [0.29, 0.717) is 18.1 Å². The van der Waals surface area contributed by atoms with Crippen LogP contribution in [0.4, 0.5) is 0 Å². The Balaban J connectivity index is 1.69. The fourth-order valence-corrected chi connectivity index (χ4v) is 3.17. The molecule has 3 aromatic rings. The summed E-state index contributed by atoms with van der Waals surface area (Å²) in [5.41, 5.74) is 2.49. The molecule has 1 atom stereocenters. The van der Waals surface area contributed by atoms with Crippen LogP contribution < -0.4 is 14.8 Å². The van der Waals surface area contributed by atoms with E-state index in [2.05, 4.69) is 10.3 Å². The second kappa shape index (κ2) is 9.65. The third-order valence-electron chi connectivity index (χ3n) is 4.63. The van der Waals surface area contributed by atoms with Gasteiger partial charge in [0.1, 0.15) is 6.04 Å². The topological polar surface area (TPSA) is 101 Å². The molecule has 2 aromatic carbocycles. The van der Waals surface area contributed by atoms with Gasteiger partial charge in [0.2, 0.25) is 5.91 Å². The molecule has 7 nitrogen and oxygen atoms in total. The molecule has 0 aliphatic carbocycles. The van der Waals surface area contributed by atoms with Gasteiger partial charge in [0.15, 0.2) is 11.5 Å². The van der Waals surface area contributed by atoms with Crippen molar-refractivity contribution in [2.45, 2.75) is 19.4 Å². The maximum absolute atomic E-state index is 12.3. The monoisotopic (exact) mass is 408 g/mol. The molecule has 0 aliphatic heterocycles. The average Bonchev–Trinajstić information content (AvgIpc) is 3.15. The maximum Gasteiger partial charge on any atom is 0.326 e. The van der Waals surface area contributed by atoms with Gasteiger partial charge in [0, 0.05) is 29.6 Å². The van der Waals surface area contributed by atoms with E-state index in [1.165, 1.54) is 6.08 Å². The molecule has 0 saturated carbocycles. The number of ether oxygens (including phenoxy) is 2. The molecule has 0 saturated heterocycles. The predicted octanol–water partition coefficient (Wildman–Crippen LogP) is 3.40. The molecule has 0 aliphatic rings. The van der Waals surface area contributed by atoms with E-state index in [9.17, 15) is 14.7 Å². The Morgan fingerprint density at radius 3 is 2.73 bits per heavy atom. The summed E-state index contributed by atoms with van der Waals surface area (Å²) in [6.45, 7) is 2.40. The first-order valence-corrected chi connectivity index (χ1v) is 9.59. The number of aromatic nitrogens is 1. The first-order valence-electron chi connectivity index (χ1n) is 9.59. The van der Waals surface area contributed by atoms with Crippen LogP contribution in [0.15, 0.2) is 54.7 Å². The van der Waals surface area contributed by atoms with Crippen molar-refractivity contribution >= 4 is 28.9 Å². The highest BCUT2D eigenvalue weighted by Gasteiger charge is 2.21. The van der Waals surface area contributed by atoms with Crippen molar-refractivity contribution in [2.75, 3.05) is 13.7 Å². The van der Waals surface area contributed by atoms with Gasteiger partial charge < -0.3 is 24.9 Å². The fourth-order valence-electron chi connectivity index (χ4n) is 3.17. The number of para-hydroxylation sites is 1. The van der Waals surface area contributed by atoms with Crippen LogP contribution in [0.3, 0.4) is 0 Å². The summed E-state index contributed by atoms with van der Waals surface area (Å²) in [5, 5.41) is 13.0. The lowest BCUT2D eigenvalue weighted by molar-refractivity contribution is -0.141. The zero-order valence-electron chi connectivity index (χ0n) is 16.8. The highest BCUT2D eigenvalue weighted by molar-refractivity contribution is 5.94. The maximum atomic E-state index is 12.3. The Hall–Kier alpha value is -3.74. The average molecular weight is 408 g/mol. The summed E-state index contributed by atoms with van der Waals surface area (Å²) < 4.78 is 10.8. The molecule has 1 heterocycles. The summed E-state index contributed by atoms with van der Waals surface area (Å²) >= 11 is 0. The van der Waals surface area contributed by atoms with Crippen LogP contribution in [0.2, 0.25) is 0 Å². The van der Waals surface area contributed by atoms with Crippen LogP contribution in [0, 0.1) is 0 Å². The zero-order chi connectivity index (χ0) is 21.5. The summed E-state index contributed by atoms with van der Waals surface area (Å²) in [6, 6.07) is 11.9. The number of benzene rings is 2. The molecule has 0 spiro atoms. The lowest BCUT2D eigenvalue weighted by Crippen LogP contribution is -2.41. The third-order valence-corrected chi connectivity index (χ3v) is 4.63. The summed E-state index contributed by atoms with van der Waals surface area (Å²) in [4.78, 5) is 27.1. The number of methoxy groups -OCH3 is 1. The normalized spacial score (nSPS) is 12.1. The Labute approximate surface area is 174 Å². The van der Waals surface area contributed by atoms with Gasteiger partial charge in [-0.1, -0.05) is 24.3 Å². The number of nitrogens with one attached hydrogen (secondary N) is 2. The van der Waals surface area contributed by atoms with Crippen LogP contribution >= 0.6 is 0 Å². The smallest absolute Gasteiger partial charge is 0.326 e. The fraction of sp³-hybridized carbons (Fsp3) is 0.217. The van der Waals surface area contributed by atoms with Crippen molar-refractivity contribution in [1.29, 1.82) is 0 Å². The second-order valence-electron chi connectivity index (χ2n) is 6.64. The number of carboxylic acid groups (broad SMARTS) is 1. The molecule has 156 valence electrons. The number of H-pyrrole nitrogens is 1. The molecular formula is C23H24N2O5. The van der Waals surface area contributed by atoms with Gasteiger partial charge in [0.25, 0.3) is 0 Å². The molecular weight excluding hydrogens is 384 g/mol. The lowest BCUT2D eigenvalue weighted by Gasteiger charge is -2.13. The Morgan fingerprint density at radius 1 is 1.20 bits per heavy atom. The summed E-state index contributed by atoms with van der Waals surface area (Å²) in [5.74, 6) is -0.409. The largest absolute Gasteiger partial charge is 0.493 e. The molecule has 7 heteroatoms. The zero-order valence-corrected chi connectivity index (χ0v) is 16.8. The lowest BCUT2D eigenvalue weighted by atomic mass is 10.0. The molecule has 0 radical (unpaired) electrons. The molecule has 1 amide bonds. The van der Waals surface area contributed by atoms with E-state index in [-0.39, 0.29) is 6.42 Å². The van der Waals surface area contributed by atoms with Crippen molar-refractivity contribution in [1.82, 2.24) is 10.3 Å². The summed E-state index contributed by atoms with van der Waals surface area (Å²) in [6.07, 6.45) is 4.85. The van der Waals surface area contributed by atoms with Crippen molar-refractivity contribution < 1.29 is 24.2 Å². The number of fused-ring (bicyclic) bond motifs is 1. The van der Waals surface area contributed by atoms with E-state index in [0.717, 1.165) is 22.0 Å². The molecule has 30 heavy (non-hydrogen) atoms. The van der Waals surface area contributed by atoms with Gasteiger partial charge in [-0.15, -0.1) is 0 Å². The number of hydrogen-bond donors (Lipinski definition) is 3. The van der Waals surface area contributed by atoms with Crippen LogP contribution in [0.5, 0.6) is 11.5 Å². The molecule has 3 N–H and O–H groups in total. The Bertz CT molecular complexity index is 1070. The summed E-state index contributed by atoms with van der Waals surface area (Å²) in [7, 11) is 1.54. The SMILES string of the molecule is CCOc1ccc(/C=C/C(=O)NC(Cc2c[nH]c3ccccc23)C(=O)O)cc1OC. The standard InChI is InChI=1S/C23H24N2O5/c1-3-30-20-10-8-15(12-21(20)29-2)9-11-22(26)25-19(23(27)28)13-16-14-24-18-7-5-4-6-17(16)18/h4-12,14,19,24H,3,13H2,1-2H3,(H,25,26)(H,27,28)/b11-9+. The van der Waals surface area contributed by atoms with Gasteiger partial charge >= 0.3 is 5.97 Å². The highest BCUT2D eigenvalue weighted by Crippen LogP contribution is 2.28. The van der Waals surface area contributed by atoms with E-state index >= 15 is 0 Å². The van der Waals surface area contributed by atoms with Crippen LogP contribution in [-0.4, -0.2) is 41.7 Å².